The van der Waals surface area contributed by atoms with Gasteiger partial charge in [0, 0.05) is 32.4 Å². The lowest BCUT2D eigenvalue weighted by molar-refractivity contribution is -0.385. The fourth-order valence-electron chi connectivity index (χ4n) is 1.95. The highest BCUT2D eigenvalue weighted by atomic mass is 35.5. The highest BCUT2D eigenvalue weighted by molar-refractivity contribution is 6.32. The highest BCUT2D eigenvalue weighted by Gasteiger charge is 2.29. The summed E-state index contributed by atoms with van der Waals surface area (Å²) in [6.45, 7) is 2.59. The normalized spacial score (nSPS) is 16.4. The lowest BCUT2D eigenvalue weighted by atomic mass is 10.2. The summed E-state index contributed by atoms with van der Waals surface area (Å²) >= 11 is 5.70. The first-order valence-corrected chi connectivity index (χ1v) is 6.15. The number of aromatic nitrogens is 1. The lowest BCUT2D eigenvalue weighted by Crippen LogP contribution is -2.47. The molecule has 0 unspecified atom stereocenters. The number of carbonyl (C=O) groups excluding carboxylic acids is 1. The predicted octanol–water partition coefficient (Wildman–Crippen LogP) is 1.03. The second-order valence-corrected chi connectivity index (χ2v) is 4.71. The van der Waals surface area contributed by atoms with Crippen molar-refractivity contribution in [2.75, 3.05) is 33.2 Å². The number of amides is 1. The molecule has 7 nitrogen and oxygen atoms in total. The Labute approximate surface area is 114 Å². The van der Waals surface area contributed by atoms with Gasteiger partial charge in [-0.05, 0) is 13.1 Å². The van der Waals surface area contributed by atoms with E-state index in [9.17, 15) is 14.9 Å². The molecular weight excluding hydrogens is 272 g/mol. The van der Waals surface area contributed by atoms with Crippen LogP contribution >= 0.6 is 11.6 Å². The van der Waals surface area contributed by atoms with E-state index in [0.29, 0.717) is 13.1 Å². The van der Waals surface area contributed by atoms with Crippen molar-refractivity contribution in [3.05, 3.63) is 33.1 Å². The maximum Gasteiger partial charge on any atom is 0.319 e. The third kappa shape index (κ3) is 2.82. The molecular formula is C11H13ClN4O3. The number of nitrogens with zero attached hydrogens (tertiary/aromatic N) is 4. The van der Waals surface area contributed by atoms with E-state index >= 15 is 0 Å². The van der Waals surface area contributed by atoms with Crippen molar-refractivity contribution < 1.29 is 9.72 Å². The molecule has 0 aromatic carbocycles. The quantitative estimate of drug-likeness (QED) is 0.460. The van der Waals surface area contributed by atoms with Crippen molar-refractivity contribution in [3.63, 3.8) is 0 Å². The minimum atomic E-state index is -0.668. The molecule has 0 aliphatic carbocycles. The summed E-state index contributed by atoms with van der Waals surface area (Å²) in [7, 11) is 1.97. The summed E-state index contributed by atoms with van der Waals surface area (Å²) in [5.41, 5.74) is -0.428. The Morgan fingerprint density at radius 2 is 2.05 bits per heavy atom. The summed E-state index contributed by atoms with van der Waals surface area (Å²) in [5, 5.41) is 10.7. The fourth-order valence-corrected chi connectivity index (χ4v) is 2.18. The second kappa shape index (κ2) is 5.50. The van der Waals surface area contributed by atoms with Gasteiger partial charge in [0.25, 0.3) is 5.91 Å². The third-order valence-corrected chi connectivity index (χ3v) is 3.36. The van der Waals surface area contributed by atoms with E-state index < -0.39 is 10.6 Å². The van der Waals surface area contributed by atoms with Gasteiger partial charge in [0.1, 0.15) is 5.56 Å². The zero-order valence-corrected chi connectivity index (χ0v) is 11.1. The topological polar surface area (TPSA) is 79.6 Å². The molecule has 1 saturated heterocycles. The molecule has 0 atom stereocenters. The fraction of sp³-hybridized carbons (Fsp3) is 0.455. The highest BCUT2D eigenvalue weighted by Crippen LogP contribution is 2.27. The van der Waals surface area contributed by atoms with Gasteiger partial charge in [-0.15, -0.1) is 0 Å². The number of piperazine rings is 1. The minimum absolute atomic E-state index is 0.00504. The molecule has 2 heterocycles. The molecule has 0 saturated carbocycles. The smallest absolute Gasteiger partial charge is 0.319 e. The molecule has 0 spiro atoms. The number of rotatable bonds is 2. The molecule has 2 rings (SSSR count). The third-order valence-electron chi connectivity index (χ3n) is 3.08. The van der Waals surface area contributed by atoms with Crippen LogP contribution in [-0.4, -0.2) is 58.8 Å². The molecule has 1 fully saturated rings. The maximum absolute atomic E-state index is 12.3. The van der Waals surface area contributed by atoms with Crippen LogP contribution < -0.4 is 0 Å². The number of nitro groups is 1. The van der Waals surface area contributed by atoms with Crippen LogP contribution in [0.3, 0.4) is 0 Å². The van der Waals surface area contributed by atoms with Gasteiger partial charge in [-0.2, -0.15) is 0 Å². The lowest BCUT2D eigenvalue weighted by Gasteiger charge is -2.32. The van der Waals surface area contributed by atoms with E-state index in [0.717, 1.165) is 13.1 Å². The van der Waals surface area contributed by atoms with Gasteiger partial charge in [-0.3, -0.25) is 14.9 Å². The molecule has 19 heavy (non-hydrogen) atoms. The van der Waals surface area contributed by atoms with Crippen LogP contribution in [0.1, 0.15) is 10.4 Å². The number of pyridine rings is 1. The molecule has 0 radical (unpaired) electrons. The minimum Gasteiger partial charge on any atom is -0.336 e. The Kier molecular flexibility index (Phi) is 3.96. The summed E-state index contributed by atoms with van der Waals surface area (Å²) in [6, 6.07) is 1.34. The van der Waals surface area contributed by atoms with Gasteiger partial charge in [0.2, 0.25) is 5.15 Å². The standard InChI is InChI=1S/C11H13ClN4O3/c1-14-4-6-15(7-5-14)11(17)8-2-3-13-10(12)9(8)16(18)19/h2-3H,4-7H2,1H3. The van der Waals surface area contributed by atoms with Crippen molar-refractivity contribution in [1.82, 2.24) is 14.8 Å². The number of carbonyl (C=O) groups is 1. The number of halogens is 1. The monoisotopic (exact) mass is 284 g/mol. The Balaban J connectivity index is 2.29. The van der Waals surface area contributed by atoms with E-state index in [4.69, 9.17) is 11.6 Å². The molecule has 1 amide bonds. The van der Waals surface area contributed by atoms with Crippen LogP contribution in [0.4, 0.5) is 5.69 Å². The van der Waals surface area contributed by atoms with Crippen molar-refractivity contribution >= 4 is 23.2 Å². The first-order chi connectivity index (χ1) is 9.00. The van der Waals surface area contributed by atoms with E-state index in [2.05, 4.69) is 9.88 Å². The van der Waals surface area contributed by atoms with Crippen molar-refractivity contribution in [2.24, 2.45) is 0 Å². The maximum atomic E-state index is 12.3. The second-order valence-electron chi connectivity index (χ2n) is 4.35. The largest absolute Gasteiger partial charge is 0.336 e. The van der Waals surface area contributed by atoms with E-state index in [1.165, 1.54) is 12.3 Å². The summed E-state index contributed by atoms with van der Waals surface area (Å²) in [6.07, 6.45) is 1.30. The van der Waals surface area contributed by atoms with Crippen LogP contribution in [0.15, 0.2) is 12.3 Å². The van der Waals surface area contributed by atoms with Crippen molar-refractivity contribution in [1.29, 1.82) is 0 Å². The Hall–Kier alpha value is -1.73. The van der Waals surface area contributed by atoms with E-state index in [1.54, 1.807) is 4.90 Å². The average Bonchev–Trinajstić information content (AvgIpc) is 2.38. The molecule has 1 aromatic rings. The van der Waals surface area contributed by atoms with Crippen LogP contribution in [0.25, 0.3) is 0 Å². The van der Waals surface area contributed by atoms with E-state index in [1.807, 2.05) is 7.05 Å². The number of hydrogen-bond donors (Lipinski definition) is 0. The number of likely N-dealkylation sites (N-methyl/N-ethyl adjacent to an activating group) is 1. The molecule has 0 bridgehead atoms. The number of hydrogen-bond acceptors (Lipinski definition) is 5. The zero-order valence-electron chi connectivity index (χ0n) is 10.4. The van der Waals surface area contributed by atoms with Crippen LogP contribution in [0, 0.1) is 10.1 Å². The predicted molar refractivity (Wildman–Crippen MR) is 69.3 cm³/mol. The van der Waals surface area contributed by atoms with Crippen LogP contribution in [0.5, 0.6) is 0 Å². The first kappa shape index (κ1) is 13.7. The van der Waals surface area contributed by atoms with Crippen molar-refractivity contribution in [3.8, 4) is 0 Å². The van der Waals surface area contributed by atoms with Crippen LogP contribution in [0.2, 0.25) is 5.15 Å². The summed E-state index contributed by atoms with van der Waals surface area (Å²) in [5.74, 6) is -0.371. The molecule has 1 aliphatic rings. The molecule has 102 valence electrons. The van der Waals surface area contributed by atoms with Gasteiger partial charge >= 0.3 is 5.69 Å². The van der Waals surface area contributed by atoms with Gasteiger partial charge < -0.3 is 9.80 Å². The van der Waals surface area contributed by atoms with Crippen LogP contribution in [-0.2, 0) is 0 Å². The molecule has 0 N–H and O–H groups in total. The Morgan fingerprint density at radius 1 is 1.42 bits per heavy atom. The SMILES string of the molecule is CN1CCN(C(=O)c2ccnc(Cl)c2[N+](=O)[O-])CC1. The van der Waals surface area contributed by atoms with Gasteiger partial charge in [0.05, 0.1) is 4.92 Å². The van der Waals surface area contributed by atoms with Gasteiger partial charge in [-0.1, -0.05) is 11.6 Å². The molecule has 8 heteroatoms. The van der Waals surface area contributed by atoms with E-state index in [-0.39, 0.29) is 16.6 Å². The Morgan fingerprint density at radius 3 is 2.63 bits per heavy atom. The summed E-state index contributed by atoms with van der Waals surface area (Å²) < 4.78 is 0. The Bertz CT molecular complexity index is 515. The molecule has 1 aromatic heterocycles. The first-order valence-electron chi connectivity index (χ1n) is 5.77. The molecule has 1 aliphatic heterocycles. The van der Waals surface area contributed by atoms with Gasteiger partial charge in [0.15, 0.2) is 0 Å². The summed E-state index contributed by atoms with van der Waals surface area (Å²) in [4.78, 5) is 30.0. The average molecular weight is 285 g/mol. The zero-order chi connectivity index (χ0) is 14.0. The van der Waals surface area contributed by atoms with Gasteiger partial charge in [-0.25, -0.2) is 4.98 Å². The van der Waals surface area contributed by atoms with Crippen molar-refractivity contribution in [2.45, 2.75) is 0 Å².